The van der Waals surface area contributed by atoms with Crippen molar-refractivity contribution < 1.29 is 9.53 Å². The van der Waals surface area contributed by atoms with E-state index in [1.165, 1.54) is 41.8 Å². The number of methoxy groups -OCH3 is 1. The van der Waals surface area contributed by atoms with Crippen molar-refractivity contribution >= 4 is 17.3 Å². The van der Waals surface area contributed by atoms with Crippen LogP contribution >= 0.6 is 0 Å². The third-order valence-corrected chi connectivity index (χ3v) is 9.50. The van der Waals surface area contributed by atoms with Crippen LogP contribution in [0.1, 0.15) is 52.7 Å². The molecule has 5 nitrogen and oxygen atoms in total. The molecule has 1 N–H and O–H groups in total. The van der Waals surface area contributed by atoms with Gasteiger partial charge >= 0.3 is 0 Å². The summed E-state index contributed by atoms with van der Waals surface area (Å²) in [5, 5.41) is 3.91. The Hall–Kier alpha value is -3.47. The molecule has 5 atom stereocenters. The number of piperazine rings is 1. The van der Waals surface area contributed by atoms with Gasteiger partial charge in [0.25, 0.3) is 5.91 Å². The van der Waals surface area contributed by atoms with Crippen LogP contribution in [0, 0.1) is 17.8 Å². The van der Waals surface area contributed by atoms with Gasteiger partial charge in [-0.1, -0.05) is 30.3 Å². The second-order valence-corrected chi connectivity index (χ2v) is 11.2. The average molecular weight is 494 g/mol. The number of amides is 1. The van der Waals surface area contributed by atoms with E-state index in [0.717, 1.165) is 49.3 Å². The normalized spacial score (nSPS) is 27.9. The van der Waals surface area contributed by atoms with Gasteiger partial charge in [-0.15, -0.1) is 0 Å². The van der Waals surface area contributed by atoms with E-state index in [2.05, 4.69) is 64.8 Å². The van der Waals surface area contributed by atoms with Crippen molar-refractivity contribution in [2.75, 3.05) is 43.5 Å². The number of nitrogens with zero attached hydrogens (tertiary/aromatic N) is 2. The maximum atomic E-state index is 13.6. The van der Waals surface area contributed by atoms with E-state index in [9.17, 15) is 4.79 Å². The molecule has 190 valence electrons. The molecule has 0 aromatic heterocycles. The molecule has 1 saturated heterocycles. The zero-order valence-electron chi connectivity index (χ0n) is 21.5. The molecular formula is C32H35N3O2. The Morgan fingerprint density at radius 3 is 2.41 bits per heavy atom. The first-order chi connectivity index (χ1) is 18.2. The number of nitrogens with one attached hydrogen (secondary N) is 1. The molecule has 1 amide bonds. The minimum atomic E-state index is 0.169. The van der Waals surface area contributed by atoms with Crippen molar-refractivity contribution in [2.24, 2.45) is 17.8 Å². The van der Waals surface area contributed by atoms with E-state index in [1.54, 1.807) is 7.11 Å². The number of fused-ring (bicyclic) bond motifs is 7. The average Bonchev–Trinajstić information content (AvgIpc) is 3.60. The lowest BCUT2D eigenvalue weighted by molar-refractivity contribution is 0.0746. The summed E-state index contributed by atoms with van der Waals surface area (Å²) in [4.78, 5) is 18.0. The first-order valence-electron chi connectivity index (χ1n) is 13.8. The van der Waals surface area contributed by atoms with Gasteiger partial charge in [0.1, 0.15) is 5.75 Å². The lowest BCUT2D eigenvalue weighted by Crippen LogP contribution is -2.48. The number of anilines is 2. The van der Waals surface area contributed by atoms with Crippen LogP contribution in [0.25, 0.3) is 0 Å². The molecule has 3 aromatic rings. The molecule has 2 heterocycles. The minimum Gasteiger partial charge on any atom is -0.497 e. The number of ether oxygens (including phenoxy) is 1. The lowest BCUT2D eigenvalue weighted by atomic mass is 9.68. The highest BCUT2D eigenvalue weighted by atomic mass is 16.5. The molecule has 7 rings (SSSR count). The Labute approximate surface area is 219 Å². The summed E-state index contributed by atoms with van der Waals surface area (Å²) in [6.07, 6.45) is 4.02. The number of hydrogen-bond donors (Lipinski definition) is 1. The summed E-state index contributed by atoms with van der Waals surface area (Å²) in [5.74, 6) is 3.74. The van der Waals surface area contributed by atoms with E-state index in [0.29, 0.717) is 17.9 Å². The van der Waals surface area contributed by atoms with Crippen LogP contribution in [0.5, 0.6) is 5.75 Å². The molecule has 2 aliphatic carbocycles. The van der Waals surface area contributed by atoms with E-state index in [1.807, 2.05) is 23.1 Å². The van der Waals surface area contributed by atoms with Crippen molar-refractivity contribution in [3.63, 3.8) is 0 Å². The Morgan fingerprint density at radius 1 is 0.892 bits per heavy atom. The molecular weight excluding hydrogens is 458 g/mol. The fourth-order valence-electron chi connectivity index (χ4n) is 7.75. The second kappa shape index (κ2) is 9.13. The number of carbonyl (C=O) groups excluding carboxylic acids is 1. The van der Waals surface area contributed by atoms with Crippen molar-refractivity contribution in [3.05, 3.63) is 89.5 Å². The highest BCUT2D eigenvalue weighted by Gasteiger charge is 2.53. The van der Waals surface area contributed by atoms with E-state index < -0.39 is 0 Å². The monoisotopic (exact) mass is 493 g/mol. The third-order valence-electron chi connectivity index (χ3n) is 9.50. The topological polar surface area (TPSA) is 44.8 Å². The highest BCUT2D eigenvalue weighted by Crippen LogP contribution is 2.63. The van der Waals surface area contributed by atoms with Crippen LogP contribution in [0.15, 0.2) is 72.8 Å². The van der Waals surface area contributed by atoms with Gasteiger partial charge < -0.3 is 19.9 Å². The highest BCUT2D eigenvalue weighted by molar-refractivity contribution is 5.95. The first-order valence-corrected chi connectivity index (χ1v) is 13.8. The Bertz CT molecular complexity index is 1280. The second-order valence-electron chi connectivity index (χ2n) is 11.2. The fraction of sp³-hybridized carbons (Fsp3) is 0.406. The van der Waals surface area contributed by atoms with Gasteiger partial charge in [-0.2, -0.15) is 0 Å². The number of benzene rings is 3. The zero-order chi connectivity index (χ0) is 24.9. The predicted octanol–water partition coefficient (Wildman–Crippen LogP) is 5.95. The summed E-state index contributed by atoms with van der Waals surface area (Å²) < 4.78 is 5.29. The van der Waals surface area contributed by atoms with Gasteiger partial charge in [-0.3, -0.25) is 4.79 Å². The summed E-state index contributed by atoms with van der Waals surface area (Å²) in [6, 6.07) is 26.0. The van der Waals surface area contributed by atoms with Gasteiger partial charge in [0.05, 0.1) is 13.2 Å². The zero-order valence-corrected chi connectivity index (χ0v) is 21.5. The SMILES string of the molecule is COc1ccc(N2CCN(C(=O)c3ccc4c(c3)[C@@H]3[C@@H]5CC[C@@H](C5)[C@@H]3[C@@H](c3ccccc3)N4)CC2)cc1. The van der Waals surface area contributed by atoms with Crippen LogP contribution in [0.4, 0.5) is 11.4 Å². The van der Waals surface area contributed by atoms with E-state index in [4.69, 9.17) is 4.74 Å². The molecule has 2 saturated carbocycles. The van der Waals surface area contributed by atoms with E-state index >= 15 is 0 Å². The fourth-order valence-corrected chi connectivity index (χ4v) is 7.75. The van der Waals surface area contributed by atoms with Gasteiger partial charge in [-0.05, 0) is 96.5 Å². The first kappa shape index (κ1) is 22.7. The largest absolute Gasteiger partial charge is 0.497 e. The van der Waals surface area contributed by atoms with E-state index in [-0.39, 0.29) is 5.91 Å². The van der Waals surface area contributed by atoms with Crippen LogP contribution in [0.2, 0.25) is 0 Å². The maximum absolute atomic E-state index is 13.6. The van der Waals surface area contributed by atoms with Crippen LogP contribution < -0.4 is 15.0 Å². The molecule has 3 aromatic carbocycles. The quantitative estimate of drug-likeness (QED) is 0.488. The van der Waals surface area contributed by atoms with Gasteiger partial charge in [-0.25, -0.2) is 0 Å². The molecule has 0 radical (unpaired) electrons. The lowest BCUT2D eigenvalue weighted by Gasteiger charge is -2.44. The third kappa shape index (κ3) is 3.87. The summed E-state index contributed by atoms with van der Waals surface area (Å²) in [7, 11) is 1.69. The summed E-state index contributed by atoms with van der Waals surface area (Å²) in [6.45, 7) is 3.18. The number of rotatable bonds is 4. The molecule has 0 spiro atoms. The van der Waals surface area contributed by atoms with Crippen molar-refractivity contribution in [3.8, 4) is 5.75 Å². The van der Waals surface area contributed by atoms with Gasteiger partial charge in [0, 0.05) is 43.1 Å². The van der Waals surface area contributed by atoms with Gasteiger partial charge in [0.15, 0.2) is 0 Å². The van der Waals surface area contributed by atoms with Crippen molar-refractivity contribution in [1.82, 2.24) is 4.90 Å². The predicted molar refractivity (Wildman–Crippen MR) is 147 cm³/mol. The smallest absolute Gasteiger partial charge is 0.253 e. The minimum absolute atomic E-state index is 0.169. The van der Waals surface area contributed by atoms with Crippen LogP contribution in [-0.2, 0) is 0 Å². The van der Waals surface area contributed by atoms with Crippen molar-refractivity contribution in [1.29, 1.82) is 0 Å². The summed E-state index contributed by atoms with van der Waals surface area (Å²) in [5.41, 5.74) is 6.03. The Kier molecular flexibility index (Phi) is 5.60. The van der Waals surface area contributed by atoms with Crippen molar-refractivity contribution in [2.45, 2.75) is 31.2 Å². The van der Waals surface area contributed by atoms with Crippen LogP contribution in [-0.4, -0.2) is 44.1 Å². The molecule has 0 unspecified atom stereocenters. The standard InChI is InChI=1S/C32H35N3O2/c1-37-26-12-10-25(11-13-26)34-15-17-35(18-16-34)32(36)24-9-14-28-27(20-24)29-22-7-8-23(19-22)30(29)31(33-28)21-5-3-2-4-6-21/h2-6,9-14,20,22-23,29-31,33H,7-8,15-19H2,1H3/t22-,23+,29+,30+,31-/m1/s1. The molecule has 2 aliphatic heterocycles. The Morgan fingerprint density at radius 2 is 1.65 bits per heavy atom. The number of hydrogen-bond acceptors (Lipinski definition) is 4. The number of carbonyl (C=O) groups is 1. The summed E-state index contributed by atoms with van der Waals surface area (Å²) >= 11 is 0. The molecule has 3 fully saturated rings. The Balaban J connectivity index is 1.11. The van der Waals surface area contributed by atoms with Gasteiger partial charge in [0.2, 0.25) is 0 Å². The molecule has 37 heavy (non-hydrogen) atoms. The maximum Gasteiger partial charge on any atom is 0.253 e. The molecule has 4 aliphatic rings. The molecule has 2 bridgehead atoms. The van der Waals surface area contributed by atoms with Crippen LogP contribution in [0.3, 0.4) is 0 Å². The molecule has 5 heteroatoms.